The van der Waals surface area contributed by atoms with Crippen LogP contribution in [-0.2, 0) is 5.67 Å². The van der Waals surface area contributed by atoms with E-state index in [1.54, 1.807) is 19.5 Å². The normalized spacial score (nSPS) is 17.3. The van der Waals surface area contributed by atoms with E-state index in [2.05, 4.69) is 24.8 Å². The number of aromatic nitrogens is 4. The van der Waals surface area contributed by atoms with E-state index in [0.29, 0.717) is 43.8 Å². The second kappa shape index (κ2) is 8.58. The van der Waals surface area contributed by atoms with E-state index in [-0.39, 0.29) is 12.4 Å². The van der Waals surface area contributed by atoms with Gasteiger partial charge in [0.15, 0.2) is 23.1 Å². The summed E-state index contributed by atoms with van der Waals surface area (Å²) in [7, 11) is 3.52. The number of ether oxygens (including phenoxy) is 1. The van der Waals surface area contributed by atoms with Crippen molar-refractivity contribution >= 4 is 28.4 Å². The number of alkyl halides is 1. The number of likely N-dealkylation sites (N-methyl/N-ethyl adjacent to an activating group) is 1. The van der Waals surface area contributed by atoms with Crippen molar-refractivity contribution in [2.24, 2.45) is 0 Å². The van der Waals surface area contributed by atoms with Crippen LogP contribution in [0, 0.1) is 0 Å². The number of fused-ring (bicyclic) bond motifs is 1. The highest BCUT2D eigenvalue weighted by Gasteiger charge is 2.48. The topological polar surface area (TPSA) is 90.7 Å². The fourth-order valence-corrected chi connectivity index (χ4v) is 4.16. The van der Waals surface area contributed by atoms with E-state index in [9.17, 15) is 9.50 Å². The van der Waals surface area contributed by atoms with Crippen molar-refractivity contribution in [1.82, 2.24) is 19.9 Å². The molecule has 1 saturated carbocycles. The highest BCUT2D eigenvalue weighted by Crippen LogP contribution is 2.49. The van der Waals surface area contributed by atoms with Gasteiger partial charge in [-0.05, 0) is 31.0 Å². The molecule has 1 aliphatic heterocycles. The molecule has 1 N–H and O–H groups in total. The highest BCUT2D eigenvalue weighted by atomic mass is 19.1. The molecule has 10 heteroatoms. The van der Waals surface area contributed by atoms with Gasteiger partial charge in [0.05, 0.1) is 25.4 Å². The largest absolute Gasteiger partial charge is 0.493 e. The van der Waals surface area contributed by atoms with Gasteiger partial charge in [0, 0.05) is 51.4 Å². The number of hydrogen-bond donors (Lipinski definition) is 1. The third-order valence-electron chi connectivity index (χ3n) is 6.31. The zero-order valence-electron chi connectivity index (χ0n) is 18.9. The first-order valence-electron chi connectivity index (χ1n) is 11.2. The van der Waals surface area contributed by atoms with Crippen LogP contribution < -0.4 is 19.4 Å². The van der Waals surface area contributed by atoms with E-state index < -0.39 is 5.67 Å². The number of pyridine rings is 2. The number of rotatable bonds is 7. The summed E-state index contributed by atoms with van der Waals surface area (Å²) >= 11 is 0. The first-order chi connectivity index (χ1) is 16.0. The standard InChI is InChI=1S/C23H28FN7O2/c1-29(12-13-32)19-14-16-17(15-26-19)27-22(23(24)5-6-23)28-20(16)30-8-10-31(11-9-30)21-18(33-2)4-3-7-25-21/h3-4,7,14-15,32H,5-6,8-13H2,1-2H3. The van der Waals surface area contributed by atoms with E-state index in [1.807, 2.05) is 30.1 Å². The van der Waals surface area contributed by atoms with Gasteiger partial charge in [-0.3, -0.25) is 0 Å². The van der Waals surface area contributed by atoms with Crippen molar-refractivity contribution in [2.45, 2.75) is 18.5 Å². The molecule has 0 unspecified atom stereocenters. The molecule has 2 aliphatic rings. The molecule has 1 aliphatic carbocycles. The molecule has 2 fully saturated rings. The average Bonchev–Trinajstić information content (AvgIpc) is 3.61. The maximum atomic E-state index is 15.0. The van der Waals surface area contributed by atoms with Crippen LogP contribution in [0.1, 0.15) is 18.7 Å². The zero-order valence-corrected chi connectivity index (χ0v) is 18.9. The monoisotopic (exact) mass is 453 g/mol. The Balaban J connectivity index is 1.48. The van der Waals surface area contributed by atoms with Gasteiger partial charge in [-0.2, -0.15) is 0 Å². The first-order valence-corrected chi connectivity index (χ1v) is 11.2. The van der Waals surface area contributed by atoms with Crippen molar-refractivity contribution < 1.29 is 14.2 Å². The second-order valence-electron chi connectivity index (χ2n) is 8.54. The minimum atomic E-state index is -1.43. The molecule has 0 aromatic carbocycles. The Labute approximate surface area is 191 Å². The summed E-state index contributed by atoms with van der Waals surface area (Å²) in [5.41, 5.74) is -0.799. The molecule has 5 rings (SSSR count). The molecule has 0 bridgehead atoms. The van der Waals surface area contributed by atoms with Gasteiger partial charge in [0.2, 0.25) is 0 Å². The maximum absolute atomic E-state index is 15.0. The third kappa shape index (κ3) is 4.10. The Bertz CT molecular complexity index is 1150. The summed E-state index contributed by atoms with van der Waals surface area (Å²) in [4.78, 5) is 24.5. The molecule has 1 saturated heterocycles. The van der Waals surface area contributed by atoms with Crippen molar-refractivity contribution in [2.75, 3.05) is 68.2 Å². The number of piperazine rings is 1. The third-order valence-corrected chi connectivity index (χ3v) is 6.31. The smallest absolute Gasteiger partial charge is 0.171 e. The zero-order chi connectivity index (χ0) is 23.0. The van der Waals surface area contributed by atoms with Crippen molar-refractivity contribution in [3.8, 4) is 5.75 Å². The summed E-state index contributed by atoms with van der Waals surface area (Å²) in [6.07, 6.45) is 4.35. The van der Waals surface area contributed by atoms with Crippen LogP contribution in [0.2, 0.25) is 0 Å². The van der Waals surface area contributed by atoms with Gasteiger partial charge in [0.1, 0.15) is 11.6 Å². The van der Waals surface area contributed by atoms with Crippen LogP contribution in [0.5, 0.6) is 5.75 Å². The van der Waals surface area contributed by atoms with E-state index in [0.717, 1.165) is 35.9 Å². The molecule has 0 radical (unpaired) electrons. The molecule has 3 aromatic heterocycles. The molecule has 33 heavy (non-hydrogen) atoms. The molecule has 0 amide bonds. The van der Waals surface area contributed by atoms with E-state index >= 15 is 0 Å². The second-order valence-corrected chi connectivity index (χ2v) is 8.54. The number of aliphatic hydroxyl groups is 1. The molecule has 9 nitrogen and oxygen atoms in total. The first kappa shape index (κ1) is 21.6. The lowest BCUT2D eigenvalue weighted by Crippen LogP contribution is -2.47. The predicted octanol–water partition coefficient (Wildman–Crippen LogP) is 2.14. The van der Waals surface area contributed by atoms with Gasteiger partial charge < -0.3 is 24.5 Å². The number of aliphatic hydroxyl groups excluding tert-OH is 1. The summed E-state index contributed by atoms with van der Waals surface area (Å²) in [5, 5.41) is 10.1. The Morgan fingerprint density at radius 2 is 1.85 bits per heavy atom. The van der Waals surface area contributed by atoms with E-state index in [4.69, 9.17) is 9.72 Å². The number of methoxy groups -OCH3 is 1. The maximum Gasteiger partial charge on any atom is 0.171 e. The van der Waals surface area contributed by atoms with Gasteiger partial charge >= 0.3 is 0 Å². The fraction of sp³-hybridized carbons (Fsp3) is 0.478. The highest BCUT2D eigenvalue weighted by molar-refractivity contribution is 5.91. The quantitative estimate of drug-likeness (QED) is 0.578. The van der Waals surface area contributed by atoms with Crippen LogP contribution in [0.25, 0.3) is 10.9 Å². The summed E-state index contributed by atoms with van der Waals surface area (Å²) < 4.78 is 20.4. The Morgan fingerprint density at radius 1 is 1.12 bits per heavy atom. The lowest BCUT2D eigenvalue weighted by molar-refractivity contribution is 0.301. The number of anilines is 3. The van der Waals surface area contributed by atoms with Crippen LogP contribution in [0.15, 0.2) is 30.6 Å². The minimum Gasteiger partial charge on any atom is -0.493 e. The van der Waals surface area contributed by atoms with Gasteiger partial charge in [-0.15, -0.1) is 0 Å². The fourth-order valence-electron chi connectivity index (χ4n) is 4.16. The molecular weight excluding hydrogens is 425 g/mol. The van der Waals surface area contributed by atoms with Crippen LogP contribution in [-0.4, -0.2) is 78.5 Å². The molecule has 174 valence electrons. The SMILES string of the molecule is COc1cccnc1N1CCN(c2nc(C3(F)CC3)nc3cnc(N(C)CCO)cc23)CC1. The number of nitrogens with zero attached hydrogens (tertiary/aromatic N) is 7. The van der Waals surface area contributed by atoms with Gasteiger partial charge in [0.25, 0.3) is 0 Å². The van der Waals surface area contributed by atoms with Gasteiger partial charge in [-0.25, -0.2) is 24.3 Å². The molecule has 0 spiro atoms. The van der Waals surface area contributed by atoms with E-state index in [1.165, 1.54) is 0 Å². The molecule has 4 heterocycles. The van der Waals surface area contributed by atoms with Crippen LogP contribution in [0.4, 0.5) is 21.8 Å². The van der Waals surface area contributed by atoms with Crippen molar-refractivity contribution in [3.63, 3.8) is 0 Å². The summed E-state index contributed by atoms with van der Waals surface area (Å²) in [5.74, 6) is 3.26. The predicted molar refractivity (Wildman–Crippen MR) is 125 cm³/mol. The number of halogens is 1. The van der Waals surface area contributed by atoms with Gasteiger partial charge in [-0.1, -0.05) is 0 Å². The lowest BCUT2D eigenvalue weighted by Gasteiger charge is -2.37. The molecular formula is C23H28FN7O2. The Morgan fingerprint density at radius 3 is 2.52 bits per heavy atom. The Hall–Kier alpha value is -3.27. The lowest BCUT2D eigenvalue weighted by atomic mass is 10.2. The van der Waals surface area contributed by atoms with Crippen molar-refractivity contribution in [1.29, 1.82) is 0 Å². The van der Waals surface area contributed by atoms with Crippen LogP contribution in [0.3, 0.4) is 0 Å². The Kier molecular flexibility index (Phi) is 5.61. The molecule has 0 atom stereocenters. The minimum absolute atomic E-state index is 0.0296. The number of hydrogen-bond acceptors (Lipinski definition) is 9. The summed E-state index contributed by atoms with van der Waals surface area (Å²) in [6, 6.07) is 5.69. The average molecular weight is 454 g/mol. The van der Waals surface area contributed by atoms with Crippen LogP contribution >= 0.6 is 0 Å². The van der Waals surface area contributed by atoms with Crippen molar-refractivity contribution in [3.05, 3.63) is 36.4 Å². The molecule has 3 aromatic rings. The summed E-state index contributed by atoms with van der Waals surface area (Å²) in [6.45, 7) is 3.37.